The molecule has 2 heterocycles. The summed E-state index contributed by atoms with van der Waals surface area (Å²) in [6, 6.07) is 18.3. The van der Waals surface area contributed by atoms with Crippen LogP contribution in [0.15, 0.2) is 54.6 Å². The molecule has 1 fully saturated rings. The van der Waals surface area contributed by atoms with Crippen LogP contribution < -0.4 is 5.32 Å². The first kappa shape index (κ1) is 17.7. The molecule has 0 aliphatic carbocycles. The van der Waals surface area contributed by atoms with E-state index in [0.717, 1.165) is 43.6 Å². The third-order valence-electron chi connectivity index (χ3n) is 5.08. The Bertz CT molecular complexity index is 907. The zero-order chi connectivity index (χ0) is 18.6. The van der Waals surface area contributed by atoms with Gasteiger partial charge >= 0.3 is 0 Å². The highest BCUT2D eigenvalue weighted by Gasteiger charge is 2.24. The largest absolute Gasteiger partial charge is 0.345 e. The second-order valence-corrected chi connectivity index (χ2v) is 7.27. The first-order valence-electron chi connectivity index (χ1n) is 9.38. The Hall–Kier alpha value is -2.70. The average molecular weight is 363 g/mol. The molecular weight excluding hydrogens is 338 g/mol. The maximum absolute atomic E-state index is 12.8. The average Bonchev–Trinajstić information content (AvgIpc) is 3.03. The number of para-hydroxylation sites is 1. The van der Waals surface area contributed by atoms with Crippen molar-refractivity contribution in [1.82, 2.24) is 25.3 Å². The Labute approximate surface area is 159 Å². The van der Waals surface area contributed by atoms with Gasteiger partial charge in [-0.1, -0.05) is 48.5 Å². The number of nitrogens with zero attached hydrogens (tertiary/aromatic N) is 3. The molecular formula is C21H25N5O. The molecule has 0 radical (unpaired) electrons. The number of fused-ring (bicyclic) bond motifs is 1. The normalized spacial score (nSPS) is 19.1. The quantitative estimate of drug-likeness (QED) is 0.745. The summed E-state index contributed by atoms with van der Waals surface area (Å²) in [5, 5.41) is 11.2. The lowest BCUT2D eigenvalue weighted by Gasteiger charge is -2.24. The van der Waals surface area contributed by atoms with Crippen LogP contribution in [0, 0.1) is 0 Å². The van der Waals surface area contributed by atoms with Crippen LogP contribution in [0.3, 0.4) is 0 Å². The highest BCUT2D eigenvalue weighted by atomic mass is 16.2. The van der Waals surface area contributed by atoms with E-state index in [-0.39, 0.29) is 11.9 Å². The monoisotopic (exact) mass is 363 g/mol. The Balaban J connectivity index is 1.47. The van der Waals surface area contributed by atoms with Crippen LogP contribution in [0.4, 0.5) is 0 Å². The van der Waals surface area contributed by atoms with Crippen molar-refractivity contribution in [1.29, 1.82) is 0 Å². The summed E-state index contributed by atoms with van der Waals surface area (Å²) in [6.07, 6.45) is 0. The van der Waals surface area contributed by atoms with Gasteiger partial charge in [0, 0.05) is 38.1 Å². The fourth-order valence-corrected chi connectivity index (χ4v) is 3.71. The molecule has 1 aliphatic heterocycles. The van der Waals surface area contributed by atoms with Crippen molar-refractivity contribution in [2.45, 2.75) is 12.6 Å². The van der Waals surface area contributed by atoms with Gasteiger partial charge in [0.05, 0.1) is 11.6 Å². The van der Waals surface area contributed by atoms with Crippen molar-refractivity contribution in [3.63, 3.8) is 0 Å². The van der Waals surface area contributed by atoms with Crippen molar-refractivity contribution < 1.29 is 4.79 Å². The summed E-state index contributed by atoms with van der Waals surface area (Å²) < 4.78 is 0. The number of aromatic amines is 1. The topological polar surface area (TPSA) is 64.3 Å². The summed E-state index contributed by atoms with van der Waals surface area (Å²) in [6.45, 7) is 4.53. The molecule has 6 heteroatoms. The van der Waals surface area contributed by atoms with E-state index in [1.807, 2.05) is 30.3 Å². The number of H-pyrrole nitrogens is 1. The van der Waals surface area contributed by atoms with Crippen LogP contribution in [-0.4, -0.2) is 65.2 Å². The lowest BCUT2D eigenvalue weighted by Crippen LogP contribution is -2.46. The number of aromatic nitrogens is 2. The Morgan fingerprint density at radius 3 is 2.74 bits per heavy atom. The molecule has 0 saturated carbocycles. The molecule has 6 nitrogen and oxygen atoms in total. The predicted octanol–water partition coefficient (Wildman–Crippen LogP) is 2.11. The first-order chi connectivity index (χ1) is 13.2. The Morgan fingerprint density at radius 2 is 1.89 bits per heavy atom. The van der Waals surface area contributed by atoms with Gasteiger partial charge in [-0.05, 0) is 18.7 Å². The number of carbonyl (C=O) groups is 1. The van der Waals surface area contributed by atoms with Crippen molar-refractivity contribution in [3.8, 4) is 0 Å². The molecule has 1 atom stereocenters. The van der Waals surface area contributed by atoms with Gasteiger partial charge in [0.2, 0.25) is 0 Å². The minimum absolute atomic E-state index is 0.0594. The van der Waals surface area contributed by atoms with Gasteiger partial charge in [-0.25, -0.2) is 0 Å². The number of hydrogen-bond acceptors (Lipinski definition) is 4. The van der Waals surface area contributed by atoms with E-state index < -0.39 is 0 Å². The molecule has 1 aromatic heterocycles. The van der Waals surface area contributed by atoms with Crippen molar-refractivity contribution in [2.24, 2.45) is 0 Å². The molecule has 1 amide bonds. The zero-order valence-corrected chi connectivity index (χ0v) is 15.6. The van der Waals surface area contributed by atoms with Crippen LogP contribution in [0.25, 0.3) is 10.9 Å². The van der Waals surface area contributed by atoms with Gasteiger partial charge in [0.15, 0.2) is 5.69 Å². The number of nitrogens with one attached hydrogen (secondary N) is 2. The fraction of sp³-hybridized carbons (Fsp3) is 0.333. The SMILES string of the molecule is CN1CCN(Cc2ccccc2)C[C@@H](NC(=O)c2n[nH]c3ccccc23)C1. The summed E-state index contributed by atoms with van der Waals surface area (Å²) in [5.41, 5.74) is 2.64. The summed E-state index contributed by atoms with van der Waals surface area (Å²) >= 11 is 0. The fourth-order valence-electron chi connectivity index (χ4n) is 3.71. The van der Waals surface area contributed by atoms with Crippen LogP contribution >= 0.6 is 0 Å². The number of amides is 1. The van der Waals surface area contributed by atoms with E-state index in [1.54, 1.807) is 0 Å². The van der Waals surface area contributed by atoms with Crippen LogP contribution in [0.1, 0.15) is 16.1 Å². The third kappa shape index (κ3) is 4.18. The lowest BCUT2D eigenvalue weighted by atomic mass is 10.1. The van der Waals surface area contributed by atoms with Gasteiger partial charge in [-0.15, -0.1) is 0 Å². The van der Waals surface area contributed by atoms with Crippen LogP contribution in [-0.2, 0) is 6.54 Å². The van der Waals surface area contributed by atoms with Crippen molar-refractivity contribution in [2.75, 3.05) is 33.2 Å². The van der Waals surface area contributed by atoms with Gasteiger partial charge in [0.25, 0.3) is 5.91 Å². The first-order valence-corrected chi connectivity index (χ1v) is 9.38. The van der Waals surface area contributed by atoms with Crippen LogP contribution in [0.5, 0.6) is 0 Å². The maximum Gasteiger partial charge on any atom is 0.272 e. The molecule has 4 rings (SSSR count). The Morgan fingerprint density at radius 1 is 1.11 bits per heavy atom. The molecule has 0 bridgehead atoms. The lowest BCUT2D eigenvalue weighted by molar-refractivity contribution is 0.0920. The number of likely N-dealkylation sites (N-methyl/N-ethyl adjacent to an activating group) is 1. The minimum Gasteiger partial charge on any atom is -0.345 e. The minimum atomic E-state index is -0.118. The molecule has 2 aromatic carbocycles. The summed E-state index contributed by atoms with van der Waals surface area (Å²) in [4.78, 5) is 17.5. The van der Waals surface area contributed by atoms with E-state index in [9.17, 15) is 4.79 Å². The second kappa shape index (κ2) is 7.90. The maximum atomic E-state index is 12.8. The zero-order valence-electron chi connectivity index (χ0n) is 15.6. The molecule has 3 aromatic rings. The predicted molar refractivity (Wildman–Crippen MR) is 107 cm³/mol. The number of carbonyl (C=O) groups excluding carboxylic acids is 1. The van der Waals surface area contributed by atoms with E-state index in [2.05, 4.69) is 56.6 Å². The molecule has 27 heavy (non-hydrogen) atoms. The third-order valence-corrected chi connectivity index (χ3v) is 5.08. The standard InChI is InChI=1S/C21H25N5O/c1-25-11-12-26(13-16-7-3-2-4-8-16)15-17(14-25)22-21(27)20-18-9-5-6-10-19(18)23-24-20/h2-10,17H,11-15H2,1H3,(H,22,27)(H,23,24)/t17-/m0/s1. The highest BCUT2D eigenvalue weighted by molar-refractivity contribution is 6.04. The molecule has 2 N–H and O–H groups in total. The van der Waals surface area contributed by atoms with E-state index in [4.69, 9.17) is 0 Å². The number of hydrogen-bond donors (Lipinski definition) is 2. The molecule has 1 aliphatic rings. The van der Waals surface area contributed by atoms with Crippen molar-refractivity contribution in [3.05, 3.63) is 65.9 Å². The van der Waals surface area contributed by atoms with Gasteiger partial charge < -0.3 is 10.2 Å². The smallest absolute Gasteiger partial charge is 0.272 e. The summed E-state index contributed by atoms with van der Waals surface area (Å²) in [5.74, 6) is -0.118. The highest BCUT2D eigenvalue weighted by Crippen LogP contribution is 2.15. The molecule has 1 saturated heterocycles. The van der Waals surface area contributed by atoms with Gasteiger partial charge in [-0.2, -0.15) is 5.10 Å². The van der Waals surface area contributed by atoms with E-state index >= 15 is 0 Å². The van der Waals surface area contributed by atoms with Gasteiger partial charge in [0.1, 0.15) is 0 Å². The molecule has 0 unspecified atom stereocenters. The Kier molecular flexibility index (Phi) is 5.18. The molecule has 140 valence electrons. The number of rotatable bonds is 4. The summed E-state index contributed by atoms with van der Waals surface area (Å²) in [7, 11) is 2.11. The second-order valence-electron chi connectivity index (χ2n) is 7.27. The van der Waals surface area contributed by atoms with Crippen LogP contribution in [0.2, 0.25) is 0 Å². The van der Waals surface area contributed by atoms with Gasteiger partial charge in [-0.3, -0.25) is 14.8 Å². The molecule has 0 spiro atoms. The number of benzene rings is 2. The van der Waals surface area contributed by atoms with Crippen molar-refractivity contribution >= 4 is 16.8 Å². The van der Waals surface area contributed by atoms with E-state index in [1.165, 1.54) is 5.56 Å². The van der Waals surface area contributed by atoms with E-state index in [0.29, 0.717) is 5.69 Å².